The Bertz CT molecular complexity index is 763. The van der Waals surface area contributed by atoms with Gasteiger partial charge in [-0.3, -0.25) is 25.0 Å². The van der Waals surface area contributed by atoms with Crippen molar-refractivity contribution < 1.29 is 14.5 Å². The fraction of sp³-hybridized carbons (Fsp3) is 0.0909. The van der Waals surface area contributed by atoms with Crippen molar-refractivity contribution in [1.29, 1.82) is 0 Å². The molecule has 0 spiro atoms. The van der Waals surface area contributed by atoms with Crippen molar-refractivity contribution in [3.63, 3.8) is 0 Å². The summed E-state index contributed by atoms with van der Waals surface area (Å²) in [4.78, 5) is 33.4. The summed E-state index contributed by atoms with van der Waals surface area (Å²) >= 11 is 6.76. The first kappa shape index (κ1) is 15.8. The van der Waals surface area contributed by atoms with E-state index in [1.165, 1.54) is 12.1 Å². The number of amides is 2. The van der Waals surface area contributed by atoms with Gasteiger partial charge in [-0.2, -0.15) is 0 Å². The van der Waals surface area contributed by atoms with Gasteiger partial charge in [0, 0.05) is 11.8 Å². The highest BCUT2D eigenvalue weighted by Gasteiger charge is 2.18. The van der Waals surface area contributed by atoms with Gasteiger partial charge in [-0.25, -0.2) is 0 Å². The molecule has 0 aliphatic carbocycles. The highest BCUT2D eigenvalue weighted by atomic mass is 35.5. The maximum absolute atomic E-state index is 11.7. The number of nitro benzene ring substituents is 1. The number of carbonyl (C=O) groups is 2. The predicted octanol–water partition coefficient (Wildman–Crippen LogP) is 1.99. The number of carbonyl (C=O) groups excluding carboxylic acids is 2. The van der Waals surface area contributed by atoms with Crippen LogP contribution in [-0.2, 0) is 9.59 Å². The molecule has 9 nitrogen and oxygen atoms in total. The molecule has 2 amide bonds. The normalized spacial score (nSPS) is 10.1. The van der Waals surface area contributed by atoms with E-state index < -0.39 is 16.7 Å². The van der Waals surface area contributed by atoms with Crippen molar-refractivity contribution in [2.45, 2.75) is 6.92 Å². The number of rotatable bonds is 3. The highest BCUT2D eigenvalue weighted by molar-refractivity contribution is 7.15. The number of nitrogens with one attached hydrogen (secondary N) is 2. The Morgan fingerprint density at radius 3 is 2.55 bits per heavy atom. The van der Waals surface area contributed by atoms with E-state index in [2.05, 4.69) is 20.8 Å². The fourth-order valence-electron chi connectivity index (χ4n) is 1.42. The minimum absolute atomic E-state index is 0.0724. The molecule has 2 N–H and O–H groups in total. The number of hydrogen-bond donors (Lipinski definition) is 2. The Labute approximate surface area is 132 Å². The first-order valence-electron chi connectivity index (χ1n) is 5.73. The van der Waals surface area contributed by atoms with Gasteiger partial charge >= 0.3 is 11.8 Å². The van der Waals surface area contributed by atoms with Crippen LogP contribution >= 0.6 is 22.9 Å². The van der Waals surface area contributed by atoms with Crippen molar-refractivity contribution in [2.24, 2.45) is 0 Å². The van der Waals surface area contributed by atoms with Crippen molar-refractivity contribution in [3.8, 4) is 0 Å². The summed E-state index contributed by atoms with van der Waals surface area (Å²) in [5.41, 5.74) is -0.302. The molecule has 11 heteroatoms. The van der Waals surface area contributed by atoms with E-state index in [0.717, 1.165) is 17.4 Å². The lowest BCUT2D eigenvalue weighted by atomic mass is 10.2. The molecule has 0 radical (unpaired) electrons. The molecule has 0 aliphatic heterocycles. The molecule has 0 unspecified atom stereocenters. The summed E-state index contributed by atoms with van der Waals surface area (Å²) < 4.78 is 0. The Morgan fingerprint density at radius 2 is 1.95 bits per heavy atom. The van der Waals surface area contributed by atoms with Crippen LogP contribution in [0.25, 0.3) is 0 Å². The van der Waals surface area contributed by atoms with Crippen molar-refractivity contribution >= 4 is 51.3 Å². The highest BCUT2D eigenvalue weighted by Crippen LogP contribution is 2.27. The summed E-state index contributed by atoms with van der Waals surface area (Å²) in [7, 11) is 0. The zero-order chi connectivity index (χ0) is 16.3. The zero-order valence-electron chi connectivity index (χ0n) is 11.0. The first-order chi connectivity index (χ1) is 10.4. The van der Waals surface area contributed by atoms with Crippen molar-refractivity contribution in [2.75, 3.05) is 10.6 Å². The lowest BCUT2D eigenvalue weighted by Gasteiger charge is -2.05. The van der Waals surface area contributed by atoms with E-state index in [1.54, 1.807) is 6.92 Å². The summed E-state index contributed by atoms with van der Waals surface area (Å²) in [6, 6.07) is 3.65. The second-order valence-corrected chi connectivity index (χ2v) is 5.55. The van der Waals surface area contributed by atoms with Gasteiger partial charge in [-0.05, 0) is 19.1 Å². The van der Waals surface area contributed by atoms with Gasteiger partial charge in [0.1, 0.15) is 10.0 Å². The third-order valence-corrected chi connectivity index (χ3v) is 3.43. The molecule has 0 bridgehead atoms. The van der Waals surface area contributed by atoms with Crippen LogP contribution in [0, 0.1) is 17.0 Å². The summed E-state index contributed by atoms with van der Waals surface area (Å²) in [6.45, 7) is 1.69. The standard InChI is InChI=1S/C11H8ClN5O4S/c1-5-15-16-11(22-5)14-10(19)9(18)13-6-2-3-7(12)8(4-6)17(20)21/h2-4H,1H3,(H,13,18)(H,14,16,19). The van der Waals surface area contributed by atoms with E-state index in [-0.39, 0.29) is 21.5 Å². The number of nitro groups is 1. The van der Waals surface area contributed by atoms with E-state index >= 15 is 0 Å². The predicted molar refractivity (Wildman–Crippen MR) is 80.0 cm³/mol. The monoisotopic (exact) mass is 341 g/mol. The smallest absolute Gasteiger partial charge is 0.315 e. The van der Waals surface area contributed by atoms with E-state index in [4.69, 9.17) is 11.6 Å². The average Bonchev–Trinajstić information content (AvgIpc) is 2.85. The number of nitrogens with zero attached hydrogens (tertiary/aromatic N) is 3. The number of benzene rings is 1. The van der Waals surface area contributed by atoms with Gasteiger partial charge in [-0.1, -0.05) is 22.9 Å². The molecule has 0 saturated carbocycles. The van der Waals surface area contributed by atoms with E-state index in [9.17, 15) is 19.7 Å². The molecule has 1 aromatic carbocycles. The third-order valence-electron chi connectivity index (χ3n) is 2.35. The van der Waals surface area contributed by atoms with Crippen molar-refractivity contribution in [1.82, 2.24) is 10.2 Å². The summed E-state index contributed by atoms with van der Waals surface area (Å²) in [5, 5.41) is 23.3. The Balaban J connectivity index is 2.06. The van der Waals surface area contributed by atoms with E-state index in [0.29, 0.717) is 5.01 Å². The molecule has 1 aromatic heterocycles. The maximum Gasteiger partial charge on any atom is 0.315 e. The van der Waals surface area contributed by atoms with Crippen LogP contribution in [0.2, 0.25) is 5.02 Å². The quantitative estimate of drug-likeness (QED) is 0.499. The fourth-order valence-corrected chi connectivity index (χ4v) is 2.19. The minimum atomic E-state index is -0.996. The summed E-state index contributed by atoms with van der Waals surface area (Å²) in [5.74, 6) is -1.96. The summed E-state index contributed by atoms with van der Waals surface area (Å²) in [6.07, 6.45) is 0. The van der Waals surface area contributed by atoms with Crippen LogP contribution in [0.4, 0.5) is 16.5 Å². The Hall–Kier alpha value is -2.59. The largest absolute Gasteiger partial charge is 0.318 e. The number of anilines is 2. The molecule has 22 heavy (non-hydrogen) atoms. The molecule has 0 fully saturated rings. The van der Waals surface area contributed by atoms with Crippen LogP contribution in [0.1, 0.15) is 5.01 Å². The van der Waals surface area contributed by atoms with Gasteiger partial charge in [0.05, 0.1) is 4.92 Å². The van der Waals surface area contributed by atoms with Crippen molar-refractivity contribution in [3.05, 3.63) is 38.3 Å². The zero-order valence-corrected chi connectivity index (χ0v) is 12.6. The molecule has 2 aromatic rings. The van der Waals surface area contributed by atoms with Gasteiger partial charge in [0.2, 0.25) is 5.13 Å². The van der Waals surface area contributed by atoms with Crippen LogP contribution in [0.3, 0.4) is 0 Å². The average molecular weight is 342 g/mol. The molecule has 0 saturated heterocycles. The molecule has 2 rings (SSSR count). The number of aromatic nitrogens is 2. The molecule has 0 aliphatic rings. The molecular formula is C11H8ClN5O4S. The van der Waals surface area contributed by atoms with Gasteiger partial charge in [0.25, 0.3) is 5.69 Å². The SMILES string of the molecule is Cc1nnc(NC(=O)C(=O)Nc2ccc(Cl)c([N+](=O)[O-])c2)s1. The second kappa shape index (κ2) is 6.45. The van der Waals surface area contributed by atoms with Crippen LogP contribution < -0.4 is 10.6 Å². The lowest BCUT2D eigenvalue weighted by molar-refractivity contribution is -0.384. The Kier molecular flexibility index (Phi) is 4.63. The molecule has 114 valence electrons. The molecule has 0 atom stereocenters. The second-order valence-electron chi connectivity index (χ2n) is 3.96. The number of hydrogen-bond acceptors (Lipinski definition) is 7. The van der Waals surface area contributed by atoms with Gasteiger partial charge in [-0.15, -0.1) is 10.2 Å². The Morgan fingerprint density at radius 1 is 1.27 bits per heavy atom. The number of halogens is 1. The lowest BCUT2D eigenvalue weighted by Crippen LogP contribution is -2.29. The number of aryl methyl sites for hydroxylation is 1. The maximum atomic E-state index is 11.7. The molecular weight excluding hydrogens is 334 g/mol. The van der Waals surface area contributed by atoms with Gasteiger partial charge < -0.3 is 5.32 Å². The van der Waals surface area contributed by atoms with Crippen LogP contribution in [0.15, 0.2) is 18.2 Å². The van der Waals surface area contributed by atoms with E-state index in [1.807, 2.05) is 0 Å². The third kappa shape index (κ3) is 3.74. The van der Waals surface area contributed by atoms with Crippen LogP contribution in [-0.4, -0.2) is 26.9 Å². The topological polar surface area (TPSA) is 127 Å². The van der Waals surface area contributed by atoms with Crippen LogP contribution in [0.5, 0.6) is 0 Å². The first-order valence-corrected chi connectivity index (χ1v) is 6.92. The molecule has 1 heterocycles. The minimum Gasteiger partial charge on any atom is -0.318 e. The van der Waals surface area contributed by atoms with Gasteiger partial charge in [0.15, 0.2) is 0 Å².